The lowest BCUT2D eigenvalue weighted by molar-refractivity contribution is 0.196. The number of nitrogens with one attached hydrogen (secondary N) is 1. The number of benzene rings is 2. The topological polar surface area (TPSA) is 92.2 Å². The molecule has 2 aliphatic rings. The summed E-state index contributed by atoms with van der Waals surface area (Å²) in [6, 6.07) is 14.3. The van der Waals surface area contributed by atoms with E-state index >= 15 is 0 Å². The Morgan fingerprint density at radius 3 is 2.63 bits per heavy atom. The van der Waals surface area contributed by atoms with E-state index in [1.54, 1.807) is 6.07 Å². The Kier molecular flexibility index (Phi) is 6.80. The molecule has 1 aliphatic heterocycles. The zero-order valence-electron chi connectivity index (χ0n) is 21.5. The predicted molar refractivity (Wildman–Crippen MR) is 143 cm³/mol. The minimum Gasteiger partial charge on any atom is -0.494 e. The fraction of sp³-hybridized carbons (Fsp3) is 0.429. The number of ether oxygens (including phenoxy) is 1. The summed E-state index contributed by atoms with van der Waals surface area (Å²) in [5, 5.41) is 13.8. The summed E-state index contributed by atoms with van der Waals surface area (Å²) in [5.41, 5.74) is 1.79. The van der Waals surface area contributed by atoms with Gasteiger partial charge in [0.05, 0.1) is 18.3 Å². The van der Waals surface area contributed by atoms with Crippen molar-refractivity contribution < 1.29 is 9.13 Å². The lowest BCUT2D eigenvalue weighted by Crippen LogP contribution is -2.49. The first-order valence-electron chi connectivity index (χ1n) is 13.4. The number of rotatable bonds is 7. The van der Waals surface area contributed by atoms with Crippen molar-refractivity contribution in [2.24, 2.45) is 0 Å². The van der Waals surface area contributed by atoms with Crippen LogP contribution in [0.4, 0.5) is 10.1 Å². The second-order valence-corrected chi connectivity index (χ2v) is 10.0. The van der Waals surface area contributed by atoms with Gasteiger partial charge in [0.15, 0.2) is 5.82 Å². The highest BCUT2D eigenvalue weighted by molar-refractivity contribution is 5.80. The Labute approximate surface area is 220 Å². The van der Waals surface area contributed by atoms with Crippen LogP contribution in [-0.2, 0) is 0 Å². The van der Waals surface area contributed by atoms with Crippen LogP contribution in [0.5, 0.6) is 5.75 Å². The largest absolute Gasteiger partial charge is 0.494 e. The van der Waals surface area contributed by atoms with Gasteiger partial charge in [-0.25, -0.2) is 9.07 Å². The summed E-state index contributed by atoms with van der Waals surface area (Å²) < 4.78 is 22.1. The van der Waals surface area contributed by atoms with Crippen LogP contribution in [0.1, 0.15) is 56.1 Å². The molecule has 2 aromatic heterocycles. The van der Waals surface area contributed by atoms with Crippen LogP contribution in [0, 0.1) is 5.82 Å². The fourth-order valence-electron chi connectivity index (χ4n) is 5.88. The molecule has 1 N–H and O–H groups in total. The number of piperazine rings is 1. The normalized spacial score (nSPS) is 17.8. The average Bonchev–Trinajstić information content (AvgIpc) is 3.63. The first-order chi connectivity index (χ1) is 18.6. The lowest BCUT2D eigenvalue weighted by Gasteiger charge is -2.39. The lowest BCUT2D eigenvalue weighted by atomic mass is 10.0. The van der Waals surface area contributed by atoms with Gasteiger partial charge in [-0.05, 0) is 66.6 Å². The molecule has 3 heterocycles. The Bertz CT molecular complexity index is 1470. The molecule has 0 spiro atoms. The van der Waals surface area contributed by atoms with E-state index in [-0.39, 0.29) is 17.4 Å². The van der Waals surface area contributed by atoms with Crippen LogP contribution < -0.4 is 15.2 Å². The monoisotopic (exact) mass is 517 g/mol. The maximum atomic E-state index is 14.5. The van der Waals surface area contributed by atoms with E-state index in [9.17, 15) is 9.18 Å². The third-order valence-electron chi connectivity index (χ3n) is 7.76. The maximum Gasteiger partial charge on any atom is 0.253 e. The molecule has 2 aromatic carbocycles. The molecule has 4 aromatic rings. The van der Waals surface area contributed by atoms with E-state index < -0.39 is 6.04 Å². The van der Waals surface area contributed by atoms with Crippen LogP contribution >= 0.6 is 0 Å². The Morgan fingerprint density at radius 2 is 1.87 bits per heavy atom. The van der Waals surface area contributed by atoms with Crippen LogP contribution in [0.15, 0.2) is 53.3 Å². The molecule has 1 aliphatic carbocycles. The number of fused-ring (bicyclic) bond motifs is 1. The molecule has 6 rings (SSSR count). The highest BCUT2D eigenvalue weighted by atomic mass is 19.1. The number of H-pyrrole nitrogens is 1. The third kappa shape index (κ3) is 4.64. The molecule has 1 atom stereocenters. The molecule has 38 heavy (non-hydrogen) atoms. The number of halogens is 1. The van der Waals surface area contributed by atoms with Gasteiger partial charge >= 0.3 is 0 Å². The quantitative estimate of drug-likeness (QED) is 0.395. The first-order valence-corrected chi connectivity index (χ1v) is 13.4. The highest BCUT2D eigenvalue weighted by Gasteiger charge is 2.35. The van der Waals surface area contributed by atoms with Gasteiger partial charge in [0.1, 0.15) is 17.6 Å². The van der Waals surface area contributed by atoms with Crippen molar-refractivity contribution in [1.29, 1.82) is 0 Å². The van der Waals surface area contributed by atoms with Crippen LogP contribution in [-0.4, -0.2) is 62.9 Å². The van der Waals surface area contributed by atoms with Gasteiger partial charge in [-0.1, -0.05) is 25.0 Å². The van der Waals surface area contributed by atoms with Crippen molar-refractivity contribution in [2.45, 2.75) is 44.7 Å². The van der Waals surface area contributed by atoms with Crippen molar-refractivity contribution in [3.8, 4) is 5.75 Å². The second kappa shape index (κ2) is 10.5. The van der Waals surface area contributed by atoms with E-state index in [0.29, 0.717) is 49.9 Å². The summed E-state index contributed by atoms with van der Waals surface area (Å²) in [5.74, 6) is 1.21. The van der Waals surface area contributed by atoms with E-state index in [0.717, 1.165) is 42.3 Å². The van der Waals surface area contributed by atoms with E-state index in [2.05, 4.69) is 30.3 Å². The van der Waals surface area contributed by atoms with Gasteiger partial charge in [-0.3, -0.25) is 9.69 Å². The summed E-state index contributed by atoms with van der Waals surface area (Å²) >= 11 is 0. The van der Waals surface area contributed by atoms with Gasteiger partial charge in [0, 0.05) is 42.6 Å². The number of nitrogens with zero attached hydrogens (tertiary/aromatic N) is 6. The van der Waals surface area contributed by atoms with Crippen molar-refractivity contribution in [3.05, 3.63) is 76.1 Å². The Balaban J connectivity index is 1.39. The zero-order valence-corrected chi connectivity index (χ0v) is 21.5. The standard InChI is InChI=1S/C28H32FN7O2/c1-2-38-21-11-12-24-19(17-21)18-22(28(37)30-24)26(27-31-32-33-36(27)20-7-3-4-8-20)35-15-13-34(14-16-35)25-10-6-5-9-23(25)29/h5-6,9-12,17-18,20,26H,2-4,7-8,13-16H2,1H3,(H,30,37). The third-order valence-corrected chi connectivity index (χ3v) is 7.76. The highest BCUT2D eigenvalue weighted by Crippen LogP contribution is 2.35. The number of tetrazole rings is 1. The van der Waals surface area contributed by atoms with Gasteiger partial charge in [-0.2, -0.15) is 0 Å². The fourth-order valence-corrected chi connectivity index (χ4v) is 5.88. The molecule has 0 radical (unpaired) electrons. The Morgan fingerprint density at radius 1 is 1.08 bits per heavy atom. The summed E-state index contributed by atoms with van der Waals surface area (Å²) in [6.45, 7) is 5.03. The maximum absolute atomic E-state index is 14.5. The number of pyridine rings is 1. The second-order valence-electron chi connectivity index (χ2n) is 10.0. The molecular formula is C28H32FN7O2. The molecule has 1 unspecified atom stereocenters. The number of hydrogen-bond donors (Lipinski definition) is 1. The molecule has 9 nitrogen and oxygen atoms in total. The van der Waals surface area contributed by atoms with Gasteiger partial charge in [-0.15, -0.1) is 5.10 Å². The summed E-state index contributed by atoms with van der Waals surface area (Å²) in [6.07, 6.45) is 4.34. The number of hydrogen-bond acceptors (Lipinski definition) is 7. The van der Waals surface area contributed by atoms with Crippen molar-refractivity contribution in [1.82, 2.24) is 30.1 Å². The van der Waals surface area contributed by atoms with E-state index in [1.807, 2.05) is 48.0 Å². The molecule has 1 saturated heterocycles. The van der Waals surface area contributed by atoms with E-state index in [1.165, 1.54) is 6.07 Å². The van der Waals surface area contributed by atoms with Crippen molar-refractivity contribution in [3.63, 3.8) is 0 Å². The molecule has 0 bridgehead atoms. The number of aromatic amines is 1. The zero-order chi connectivity index (χ0) is 26.1. The van der Waals surface area contributed by atoms with Gasteiger partial charge < -0.3 is 14.6 Å². The van der Waals surface area contributed by atoms with E-state index in [4.69, 9.17) is 4.74 Å². The average molecular weight is 518 g/mol. The molecular weight excluding hydrogens is 485 g/mol. The van der Waals surface area contributed by atoms with Crippen LogP contribution in [0.2, 0.25) is 0 Å². The molecule has 0 amide bonds. The minimum absolute atomic E-state index is 0.163. The number of para-hydroxylation sites is 1. The summed E-state index contributed by atoms with van der Waals surface area (Å²) in [4.78, 5) is 20.9. The van der Waals surface area contributed by atoms with Crippen molar-refractivity contribution in [2.75, 3.05) is 37.7 Å². The van der Waals surface area contributed by atoms with Gasteiger partial charge in [0.2, 0.25) is 0 Å². The first kappa shape index (κ1) is 24.5. The SMILES string of the molecule is CCOc1ccc2[nH]c(=O)c(C(c3nnnn3C3CCCC3)N3CCN(c4ccccc4F)CC3)cc2c1. The van der Waals surface area contributed by atoms with Crippen LogP contribution in [0.25, 0.3) is 10.9 Å². The number of anilines is 1. The van der Waals surface area contributed by atoms with Gasteiger partial charge in [0.25, 0.3) is 5.56 Å². The molecule has 2 fully saturated rings. The predicted octanol–water partition coefficient (Wildman–Crippen LogP) is 4.08. The molecule has 198 valence electrons. The summed E-state index contributed by atoms with van der Waals surface area (Å²) in [7, 11) is 0. The molecule has 10 heteroatoms. The smallest absolute Gasteiger partial charge is 0.253 e. The Hall–Kier alpha value is -3.79. The molecule has 1 saturated carbocycles. The minimum atomic E-state index is -0.433. The van der Waals surface area contributed by atoms with Crippen molar-refractivity contribution >= 4 is 16.6 Å². The number of aromatic nitrogens is 5. The van der Waals surface area contributed by atoms with Crippen LogP contribution in [0.3, 0.4) is 0 Å².